The van der Waals surface area contributed by atoms with Crippen molar-refractivity contribution in [2.45, 2.75) is 19.3 Å². The van der Waals surface area contributed by atoms with Crippen LogP contribution in [0.3, 0.4) is 0 Å². The summed E-state index contributed by atoms with van der Waals surface area (Å²) >= 11 is 0. The van der Waals surface area contributed by atoms with Gasteiger partial charge in [-0.1, -0.05) is 0 Å². The predicted molar refractivity (Wildman–Crippen MR) is 70.7 cm³/mol. The monoisotopic (exact) mass is 248 g/mol. The van der Waals surface area contributed by atoms with E-state index in [-0.39, 0.29) is 11.7 Å². The maximum Gasteiger partial charge on any atom is 0.251 e. The van der Waals surface area contributed by atoms with Gasteiger partial charge in [-0.25, -0.2) is 0 Å². The molecule has 0 spiro atoms. The maximum atomic E-state index is 11.7. The van der Waals surface area contributed by atoms with E-state index in [9.17, 15) is 4.79 Å². The van der Waals surface area contributed by atoms with E-state index in [2.05, 4.69) is 10.2 Å². The van der Waals surface area contributed by atoms with Crippen LogP contribution in [0.4, 0.5) is 0 Å². The maximum absolute atomic E-state index is 11.7. The molecule has 1 saturated heterocycles. The Morgan fingerprint density at radius 3 is 2.56 bits per heavy atom. The Balaban J connectivity index is 1.66. The summed E-state index contributed by atoms with van der Waals surface area (Å²) in [5, 5.41) is 12.0. The molecule has 2 N–H and O–H groups in total. The van der Waals surface area contributed by atoms with Crippen molar-refractivity contribution in [2.24, 2.45) is 0 Å². The number of phenolic OH excluding ortho intramolecular Hbond substituents is 1. The summed E-state index contributed by atoms with van der Waals surface area (Å²) in [5.41, 5.74) is 0.592. The summed E-state index contributed by atoms with van der Waals surface area (Å²) in [6.45, 7) is 4.17. The number of carbonyl (C=O) groups is 1. The van der Waals surface area contributed by atoms with Gasteiger partial charge in [-0.2, -0.15) is 0 Å². The minimum atomic E-state index is -0.0728. The summed E-state index contributed by atoms with van der Waals surface area (Å²) in [7, 11) is 0. The van der Waals surface area contributed by atoms with E-state index in [4.69, 9.17) is 5.11 Å². The average molecular weight is 248 g/mol. The predicted octanol–water partition coefficient (Wildman–Crippen LogP) is 1.61. The van der Waals surface area contributed by atoms with Gasteiger partial charge < -0.3 is 15.3 Å². The van der Waals surface area contributed by atoms with Crippen molar-refractivity contribution in [3.05, 3.63) is 29.8 Å². The molecule has 1 aromatic rings. The standard InChI is InChI=1S/C14H20N2O2/c17-13-6-4-12(5-7-13)14(18)15-8-3-11-16-9-1-2-10-16/h4-7,17H,1-3,8-11H2,(H,15,18). The molecule has 1 heterocycles. The van der Waals surface area contributed by atoms with Gasteiger partial charge in [0.2, 0.25) is 0 Å². The van der Waals surface area contributed by atoms with Crippen LogP contribution in [0, 0.1) is 0 Å². The second kappa shape index (κ2) is 6.40. The van der Waals surface area contributed by atoms with Gasteiger partial charge in [0.15, 0.2) is 0 Å². The highest BCUT2D eigenvalue weighted by molar-refractivity contribution is 5.94. The number of nitrogens with one attached hydrogen (secondary N) is 1. The molecule has 0 unspecified atom stereocenters. The highest BCUT2D eigenvalue weighted by Crippen LogP contribution is 2.09. The third-order valence-corrected chi connectivity index (χ3v) is 3.26. The molecular formula is C14H20N2O2. The van der Waals surface area contributed by atoms with Crippen molar-refractivity contribution in [3.63, 3.8) is 0 Å². The van der Waals surface area contributed by atoms with E-state index in [1.165, 1.54) is 38.1 Å². The van der Waals surface area contributed by atoms with Gasteiger partial charge in [0.1, 0.15) is 5.75 Å². The number of hydrogen-bond acceptors (Lipinski definition) is 3. The summed E-state index contributed by atoms with van der Waals surface area (Å²) in [6, 6.07) is 6.31. The largest absolute Gasteiger partial charge is 0.508 e. The van der Waals surface area contributed by atoms with Crippen molar-refractivity contribution in [3.8, 4) is 5.75 Å². The Hall–Kier alpha value is -1.55. The molecule has 4 nitrogen and oxygen atoms in total. The third-order valence-electron chi connectivity index (χ3n) is 3.26. The number of phenols is 1. The van der Waals surface area contributed by atoms with Gasteiger partial charge in [-0.3, -0.25) is 4.79 Å². The second-order valence-corrected chi connectivity index (χ2v) is 4.71. The van der Waals surface area contributed by atoms with Gasteiger partial charge in [-0.05, 0) is 63.2 Å². The molecule has 0 bridgehead atoms. The van der Waals surface area contributed by atoms with Crippen LogP contribution in [0.5, 0.6) is 5.75 Å². The normalized spacial score (nSPS) is 15.8. The highest BCUT2D eigenvalue weighted by atomic mass is 16.3. The van der Waals surface area contributed by atoms with Gasteiger partial charge in [0, 0.05) is 12.1 Å². The van der Waals surface area contributed by atoms with E-state index < -0.39 is 0 Å². The molecule has 1 aliphatic rings. The smallest absolute Gasteiger partial charge is 0.251 e. The molecule has 18 heavy (non-hydrogen) atoms. The molecular weight excluding hydrogens is 228 g/mol. The summed E-state index contributed by atoms with van der Waals surface area (Å²) in [4.78, 5) is 14.2. The van der Waals surface area contributed by atoms with Gasteiger partial charge in [0.25, 0.3) is 5.91 Å². The van der Waals surface area contributed by atoms with Crippen LogP contribution in [0.1, 0.15) is 29.6 Å². The number of aromatic hydroxyl groups is 1. The fourth-order valence-corrected chi connectivity index (χ4v) is 2.23. The van der Waals surface area contributed by atoms with Gasteiger partial charge in [0.05, 0.1) is 0 Å². The minimum Gasteiger partial charge on any atom is -0.508 e. The first kappa shape index (κ1) is 12.9. The van der Waals surface area contributed by atoms with Crippen LogP contribution in [0.25, 0.3) is 0 Å². The van der Waals surface area contributed by atoms with Crippen LogP contribution in [0.15, 0.2) is 24.3 Å². The van der Waals surface area contributed by atoms with Gasteiger partial charge >= 0.3 is 0 Å². The topological polar surface area (TPSA) is 52.6 Å². The number of rotatable bonds is 5. The first-order valence-corrected chi connectivity index (χ1v) is 6.55. The van der Waals surface area contributed by atoms with Gasteiger partial charge in [-0.15, -0.1) is 0 Å². The summed E-state index contributed by atoms with van der Waals surface area (Å²) in [6.07, 6.45) is 3.60. The molecule has 1 aliphatic heterocycles. The molecule has 0 aromatic heterocycles. The zero-order valence-corrected chi connectivity index (χ0v) is 10.6. The minimum absolute atomic E-state index is 0.0728. The molecule has 1 amide bonds. The zero-order chi connectivity index (χ0) is 12.8. The fraction of sp³-hybridized carbons (Fsp3) is 0.500. The number of amides is 1. The van der Waals surface area contributed by atoms with Crippen LogP contribution >= 0.6 is 0 Å². The molecule has 98 valence electrons. The Labute approximate surface area is 108 Å². The first-order chi connectivity index (χ1) is 8.75. The van der Waals surface area contributed by atoms with Crippen molar-refractivity contribution >= 4 is 5.91 Å². The lowest BCUT2D eigenvalue weighted by Crippen LogP contribution is -2.28. The molecule has 1 fully saturated rings. The highest BCUT2D eigenvalue weighted by Gasteiger charge is 2.10. The van der Waals surface area contributed by atoms with E-state index >= 15 is 0 Å². The molecule has 0 saturated carbocycles. The molecule has 4 heteroatoms. The number of nitrogens with zero attached hydrogens (tertiary/aromatic N) is 1. The number of likely N-dealkylation sites (tertiary alicyclic amines) is 1. The van der Waals surface area contributed by atoms with Crippen LogP contribution in [-0.4, -0.2) is 42.1 Å². The number of benzene rings is 1. The molecule has 0 atom stereocenters. The Morgan fingerprint density at radius 1 is 1.22 bits per heavy atom. The SMILES string of the molecule is O=C(NCCCN1CCCC1)c1ccc(O)cc1. The lowest BCUT2D eigenvalue weighted by atomic mass is 10.2. The van der Waals surface area contributed by atoms with Crippen LogP contribution < -0.4 is 5.32 Å². The van der Waals surface area contributed by atoms with Crippen LogP contribution in [0.2, 0.25) is 0 Å². The van der Waals surface area contributed by atoms with E-state index in [1.807, 2.05) is 0 Å². The lowest BCUT2D eigenvalue weighted by Gasteiger charge is -2.14. The van der Waals surface area contributed by atoms with E-state index in [1.54, 1.807) is 12.1 Å². The Bertz CT molecular complexity index is 383. The zero-order valence-electron chi connectivity index (χ0n) is 10.6. The average Bonchev–Trinajstić information content (AvgIpc) is 2.88. The number of carbonyl (C=O) groups excluding carboxylic acids is 1. The van der Waals surface area contributed by atoms with Crippen molar-refractivity contribution in [2.75, 3.05) is 26.2 Å². The first-order valence-electron chi connectivity index (χ1n) is 6.55. The molecule has 2 rings (SSSR count). The van der Waals surface area contributed by atoms with Crippen molar-refractivity contribution in [1.82, 2.24) is 10.2 Å². The molecule has 0 aliphatic carbocycles. The molecule has 1 aromatic carbocycles. The van der Waals surface area contributed by atoms with Crippen LogP contribution in [-0.2, 0) is 0 Å². The quantitative estimate of drug-likeness (QED) is 0.778. The summed E-state index contributed by atoms with van der Waals surface area (Å²) in [5.74, 6) is 0.108. The fourth-order valence-electron chi connectivity index (χ4n) is 2.23. The van der Waals surface area contributed by atoms with Crippen molar-refractivity contribution < 1.29 is 9.90 Å². The van der Waals surface area contributed by atoms with Crippen molar-refractivity contribution in [1.29, 1.82) is 0 Å². The molecule has 0 radical (unpaired) electrons. The van der Waals surface area contributed by atoms with E-state index in [0.29, 0.717) is 12.1 Å². The Kier molecular flexibility index (Phi) is 4.59. The Morgan fingerprint density at radius 2 is 1.89 bits per heavy atom. The van der Waals surface area contributed by atoms with E-state index in [0.717, 1.165) is 13.0 Å². The lowest BCUT2D eigenvalue weighted by molar-refractivity contribution is 0.0952. The summed E-state index contributed by atoms with van der Waals surface area (Å²) < 4.78 is 0. The second-order valence-electron chi connectivity index (χ2n) is 4.71. The third kappa shape index (κ3) is 3.74. The number of hydrogen-bond donors (Lipinski definition) is 2.